The van der Waals surface area contributed by atoms with Crippen LogP contribution in [-0.2, 0) is 9.53 Å². The highest BCUT2D eigenvalue weighted by atomic mass is 127. The van der Waals surface area contributed by atoms with Gasteiger partial charge in [0.2, 0.25) is 0 Å². The molecule has 0 N–H and O–H groups in total. The summed E-state index contributed by atoms with van der Waals surface area (Å²) in [6.45, 7) is 4.61. The maximum atomic E-state index is 11.2. The minimum absolute atomic E-state index is 0.0443. The van der Waals surface area contributed by atoms with Gasteiger partial charge in [-0.15, -0.1) is 0 Å². The molecule has 0 aliphatic carbocycles. The second-order valence-corrected chi connectivity index (χ2v) is 6.26. The van der Waals surface area contributed by atoms with E-state index >= 15 is 0 Å². The molecule has 1 unspecified atom stereocenters. The van der Waals surface area contributed by atoms with Gasteiger partial charge in [-0.1, -0.05) is 68.0 Å². The number of alkyl halides is 1. The molecular weight excluding hydrogens is 327 g/mol. The number of carbonyl (C=O) groups excluding carboxylic acids is 1. The van der Waals surface area contributed by atoms with Crippen LogP contribution in [-0.4, -0.2) is 16.5 Å². The summed E-state index contributed by atoms with van der Waals surface area (Å²) in [4.78, 5) is 11.2. The molecule has 0 saturated heterocycles. The van der Waals surface area contributed by atoms with E-state index in [-0.39, 0.29) is 5.97 Å². The SMILES string of the molecule is CCCCCCCCC(I)CCC(=O)OCC. The molecule has 0 aliphatic rings. The first-order chi connectivity index (χ1) is 8.20. The number of ether oxygens (including phenoxy) is 1. The third-order valence-corrected chi connectivity index (χ3v) is 4.08. The topological polar surface area (TPSA) is 26.3 Å². The summed E-state index contributed by atoms with van der Waals surface area (Å²) in [6.07, 6.45) is 10.9. The molecule has 0 amide bonds. The van der Waals surface area contributed by atoms with Crippen LogP contribution in [0.15, 0.2) is 0 Å². The van der Waals surface area contributed by atoms with Gasteiger partial charge in [-0.2, -0.15) is 0 Å². The zero-order chi connectivity index (χ0) is 12.9. The van der Waals surface area contributed by atoms with Gasteiger partial charge in [-0.05, 0) is 19.8 Å². The third-order valence-electron chi connectivity index (χ3n) is 2.84. The Morgan fingerprint density at radius 1 is 1.06 bits per heavy atom. The fourth-order valence-electron chi connectivity index (χ4n) is 1.80. The predicted octanol–water partition coefficient (Wildman–Crippen LogP) is 4.88. The van der Waals surface area contributed by atoms with Crippen LogP contribution in [0.5, 0.6) is 0 Å². The molecule has 0 aromatic carbocycles. The average Bonchev–Trinajstić information content (AvgIpc) is 2.31. The monoisotopic (exact) mass is 354 g/mol. The van der Waals surface area contributed by atoms with E-state index in [9.17, 15) is 4.79 Å². The van der Waals surface area contributed by atoms with Crippen molar-refractivity contribution in [3.63, 3.8) is 0 Å². The van der Waals surface area contributed by atoms with Crippen molar-refractivity contribution in [3.8, 4) is 0 Å². The molecule has 102 valence electrons. The minimum atomic E-state index is -0.0443. The Kier molecular flexibility index (Phi) is 12.8. The smallest absolute Gasteiger partial charge is 0.305 e. The zero-order valence-electron chi connectivity index (χ0n) is 11.3. The lowest BCUT2D eigenvalue weighted by atomic mass is 10.1. The average molecular weight is 354 g/mol. The van der Waals surface area contributed by atoms with Crippen molar-refractivity contribution in [1.29, 1.82) is 0 Å². The van der Waals surface area contributed by atoms with Gasteiger partial charge < -0.3 is 4.74 Å². The Balaban J connectivity index is 3.28. The van der Waals surface area contributed by atoms with E-state index in [1.165, 1.54) is 44.9 Å². The van der Waals surface area contributed by atoms with Crippen LogP contribution in [0.3, 0.4) is 0 Å². The molecule has 17 heavy (non-hydrogen) atoms. The van der Waals surface area contributed by atoms with Gasteiger partial charge in [0, 0.05) is 10.3 Å². The number of hydrogen-bond donors (Lipinski definition) is 0. The van der Waals surface area contributed by atoms with E-state index in [1.807, 2.05) is 6.92 Å². The Bertz CT molecular complexity index is 183. The van der Waals surface area contributed by atoms with Crippen LogP contribution >= 0.6 is 22.6 Å². The van der Waals surface area contributed by atoms with Crippen LogP contribution in [0, 0.1) is 0 Å². The van der Waals surface area contributed by atoms with Crippen LogP contribution in [0.1, 0.15) is 71.6 Å². The molecule has 0 aromatic rings. The Morgan fingerprint density at radius 2 is 1.71 bits per heavy atom. The molecule has 0 heterocycles. The van der Waals surface area contributed by atoms with E-state index in [2.05, 4.69) is 29.5 Å². The summed E-state index contributed by atoms with van der Waals surface area (Å²) >= 11 is 2.46. The van der Waals surface area contributed by atoms with Gasteiger partial charge in [-0.25, -0.2) is 0 Å². The molecule has 0 radical (unpaired) electrons. The fourth-order valence-corrected chi connectivity index (χ4v) is 2.55. The molecule has 0 aliphatic heterocycles. The summed E-state index contributed by atoms with van der Waals surface area (Å²) < 4.78 is 5.55. The van der Waals surface area contributed by atoms with Gasteiger partial charge in [0.15, 0.2) is 0 Å². The quantitative estimate of drug-likeness (QED) is 0.229. The number of esters is 1. The van der Waals surface area contributed by atoms with Crippen molar-refractivity contribution in [3.05, 3.63) is 0 Å². The fraction of sp³-hybridized carbons (Fsp3) is 0.929. The highest BCUT2D eigenvalue weighted by molar-refractivity contribution is 14.1. The lowest BCUT2D eigenvalue weighted by Gasteiger charge is -2.09. The largest absolute Gasteiger partial charge is 0.466 e. The summed E-state index contributed by atoms with van der Waals surface area (Å²) in [5.41, 5.74) is 0. The number of carbonyl (C=O) groups is 1. The van der Waals surface area contributed by atoms with E-state index in [4.69, 9.17) is 4.74 Å². The van der Waals surface area contributed by atoms with Crippen molar-refractivity contribution in [2.75, 3.05) is 6.61 Å². The molecule has 0 fully saturated rings. The number of unbranched alkanes of at least 4 members (excludes halogenated alkanes) is 5. The van der Waals surface area contributed by atoms with Crippen LogP contribution < -0.4 is 0 Å². The standard InChI is InChI=1S/C14H27IO2/c1-3-5-6-7-8-9-10-13(15)11-12-14(16)17-4-2/h13H,3-12H2,1-2H3. The van der Waals surface area contributed by atoms with Crippen molar-refractivity contribution in [1.82, 2.24) is 0 Å². The zero-order valence-corrected chi connectivity index (χ0v) is 13.5. The van der Waals surface area contributed by atoms with Crippen molar-refractivity contribution >= 4 is 28.6 Å². The first kappa shape index (κ1) is 17.2. The van der Waals surface area contributed by atoms with Gasteiger partial charge >= 0.3 is 5.97 Å². The molecule has 3 heteroatoms. The predicted molar refractivity (Wildman–Crippen MR) is 81.7 cm³/mol. The van der Waals surface area contributed by atoms with Gasteiger partial charge in [0.05, 0.1) is 6.61 Å². The molecule has 0 aromatic heterocycles. The highest BCUT2D eigenvalue weighted by Crippen LogP contribution is 2.18. The molecule has 0 saturated carbocycles. The van der Waals surface area contributed by atoms with E-state index in [0.29, 0.717) is 17.0 Å². The summed E-state index contributed by atoms with van der Waals surface area (Å²) in [6, 6.07) is 0. The first-order valence-corrected chi connectivity index (χ1v) is 8.25. The maximum absolute atomic E-state index is 11.2. The molecule has 2 nitrogen and oxygen atoms in total. The lowest BCUT2D eigenvalue weighted by Crippen LogP contribution is -2.07. The summed E-state index contributed by atoms with van der Waals surface area (Å²) in [5.74, 6) is -0.0443. The molecule has 1 atom stereocenters. The van der Waals surface area contributed by atoms with E-state index in [0.717, 1.165) is 6.42 Å². The third kappa shape index (κ3) is 12.4. The molecule has 0 spiro atoms. The van der Waals surface area contributed by atoms with Crippen LogP contribution in [0.2, 0.25) is 0 Å². The Labute approximate surface area is 120 Å². The van der Waals surface area contributed by atoms with Gasteiger partial charge in [0.1, 0.15) is 0 Å². The first-order valence-electron chi connectivity index (χ1n) is 7.00. The summed E-state index contributed by atoms with van der Waals surface area (Å²) in [5, 5.41) is 0. The number of rotatable bonds is 11. The van der Waals surface area contributed by atoms with Gasteiger partial charge in [-0.3, -0.25) is 4.79 Å². The van der Waals surface area contributed by atoms with E-state index in [1.54, 1.807) is 0 Å². The highest BCUT2D eigenvalue weighted by Gasteiger charge is 2.08. The van der Waals surface area contributed by atoms with Crippen LogP contribution in [0.4, 0.5) is 0 Å². The molecule has 0 bridgehead atoms. The normalized spacial score (nSPS) is 12.4. The molecular formula is C14H27IO2. The second-order valence-electron chi connectivity index (χ2n) is 4.50. The number of hydrogen-bond acceptors (Lipinski definition) is 2. The maximum Gasteiger partial charge on any atom is 0.305 e. The molecule has 0 rings (SSSR count). The van der Waals surface area contributed by atoms with Gasteiger partial charge in [0.25, 0.3) is 0 Å². The van der Waals surface area contributed by atoms with Crippen molar-refractivity contribution in [2.45, 2.75) is 75.6 Å². The Hall–Kier alpha value is 0.200. The minimum Gasteiger partial charge on any atom is -0.466 e. The number of halogens is 1. The van der Waals surface area contributed by atoms with Crippen molar-refractivity contribution < 1.29 is 9.53 Å². The van der Waals surface area contributed by atoms with Crippen LogP contribution in [0.25, 0.3) is 0 Å². The lowest BCUT2D eigenvalue weighted by molar-refractivity contribution is -0.143. The summed E-state index contributed by atoms with van der Waals surface area (Å²) in [7, 11) is 0. The Morgan fingerprint density at radius 3 is 2.35 bits per heavy atom. The second kappa shape index (κ2) is 12.7. The van der Waals surface area contributed by atoms with Crippen molar-refractivity contribution in [2.24, 2.45) is 0 Å². The van der Waals surface area contributed by atoms with E-state index < -0.39 is 0 Å².